The van der Waals surface area contributed by atoms with Crippen molar-refractivity contribution in [3.63, 3.8) is 0 Å². The highest BCUT2D eigenvalue weighted by Crippen LogP contribution is 2.17. The number of nitrogens with two attached hydrogens (primary N) is 1. The van der Waals surface area contributed by atoms with Crippen molar-refractivity contribution in [1.82, 2.24) is 10.2 Å². The summed E-state index contributed by atoms with van der Waals surface area (Å²) < 4.78 is 28.4. The van der Waals surface area contributed by atoms with Gasteiger partial charge in [0, 0.05) is 19.1 Å². The molecule has 8 heteroatoms. The van der Waals surface area contributed by atoms with Crippen LogP contribution < -0.4 is 15.8 Å². The third-order valence-electron chi connectivity index (χ3n) is 3.70. The van der Waals surface area contributed by atoms with Gasteiger partial charge in [-0.3, -0.25) is 4.79 Å². The Hall–Kier alpha value is -2.38. The molecule has 0 bridgehead atoms. The van der Waals surface area contributed by atoms with Crippen molar-refractivity contribution in [3.8, 4) is 5.75 Å². The summed E-state index contributed by atoms with van der Waals surface area (Å²) in [7, 11) is 0. The maximum absolute atomic E-state index is 12.2. The number of likely N-dealkylation sites (tertiary alicyclic amines) is 1. The molecule has 23 heavy (non-hydrogen) atoms. The number of nitrogens with one attached hydrogen (secondary N) is 1. The number of hydrogen-bond donors (Lipinski definition) is 2. The average molecular weight is 327 g/mol. The van der Waals surface area contributed by atoms with E-state index in [0.29, 0.717) is 25.9 Å². The lowest BCUT2D eigenvalue weighted by Gasteiger charge is -2.32. The number of halogens is 2. The fraction of sp³-hybridized carbons (Fsp3) is 0.467. The van der Waals surface area contributed by atoms with Crippen molar-refractivity contribution >= 4 is 11.9 Å². The largest absolute Gasteiger partial charge is 0.435 e. The summed E-state index contributed by atoms with van der Waals surface area (Å²) >= 11 is 0. The van der Waals surface area contributed by atoms with Crippen LogP contribution in [0.25, 0.3) is 0 Å². The molecule has 0 radical (unpaired) electrons. The smallest absolute Gasteiger partial charge is 0.387 e. The average Bonchev–Trinajstić information content (AvgIpc) is 2.49. The van der Waals surface area contributed by atoms with Crippen molar-refractivity contribution in [2.45, 2.75) is 31.9 Å². The quantitative estimate of drug-likeness (QED) is 0.859. The van der Waals surface area contributed by atoms with Gasteiger partial charge in [0.15, 0.2) is 0 Å². The van der Waals surface area contributed by atoms with Crippen LogP contribution in [0, 0.1) is 0 Å². The lowest BCUT2D eigenvalue weighted by Crippen LogP contribution is -2.48. The molecule has 0 spiro atoms. The Balaban J connectivity index is 1.82. The minimum absolute atomic E-state index is 0.00216. The van der Waals surface area contributed by atoms with Gasteiger partial charge in [0.05, 0.1) is 6.42 Å². The van der Waals surface area contributed by atoms with Gasteiger partial charge in [-0.25, -0.2) is 4.79 Å². The number of rotatable bonds is 5. The van der Waals surface area contributed by atoms with E-state index in [-0.39, 0.29) is 24.1 Å². The van der Waals surface area contributed by atoms with E-state index in [2.05, 4.69) is 10.1 Å². The summed E-state index contributed by atoms with van der Waals surface area (Å²) in [5.41, 5.74) is 5.81. The summed E-state index contributed by atoms with van der Waals surface area (Å²) in [6, 6.07) is 5.46. The second-order valence-corrected chi connectivity index (χ2v) is 5.36. The van der Waals surface area contributed by atoms with E-state index < -0.39 is 12.6 Å². The Bertz CT molecular complexity index is 543. The van der Waals surface area contributed by atoms with E-state index in [9.17, 15) is 18.4 Å². The van der Waals surface area contributed by atoms with Crippen molar-refractivity contribution in [3.05, 3.63) is 29.8 Å². The van der Waals surface area contributed by atoms with Crippen molar-refractivity contribution in [2.24, 2.45) is 5.73 Å². The van der Waals surface area contributed by atoms with Gasteiger partial charge in [0.1, 0.15) is 5.75 Å². The van der Waals surface area contributed by atoms with Gasteiger partial charge in [-0.1, -0.05) is 12.1 Å². The van der Waals surface area contributed by atoms with Gasteiger partial charge < -0.3 is 20.7 Å². The van der Waals surface area contributed by atoms with Gasteiger partial charge in [-0.2, -0.15) is 8.78 Å². The summed E-state index contributed by atoms with van der Waals surface area (Å²) in [6.45, 7) is -1.76. The van der Waals surface area contributed by atoms with Crippen LogP contribution >= 0.6 is 0 Å². The number of ether oxygens (including phenoxy) is 1. The monoisotopic (exact) mass is 327 g/mol. The topological polar surface area (TPSA) is 84.7 Å². The summed E-state index contributed by atoms with van der Waals surface area (Å²) in [4.78, 5) is 24.7. The fourth-order valence-corrected chi connectivity index (χ4v) is 2.55. The van der Waals surface area contributed by atoms with E-state index in [4.69, 9.17) is 5.73 Å². The molecule has 1 fully saturated rings. The molecule has 1 aliphatic heterocycles. The number of urea groups is 1. The summed E-state index contributed by atoms with van der Waals surface area (Å²) in [6.07, 6.45) is 1.52. The van der Waals surface area contributed by atoms with Gasteiger partial charge in [-0.05, 0) is 30.5 Å². The van der Waals surface area contributed by atoms with Gasteiger partial charge >= 0.3 is 12.6 Å². The molecule has 0 atom stereocenters. The molecule has 0 unspecified atom stereocenters. The molecule has 0 aliphatic carbocycles. The van der Waals surface area contributed by atoms with Crippen LogP contribution in [0.15, 0.2) is 24.3 Å². The number of primary amides is 1. The Labute approximate surface area is 132 Å². The molecule has 0 saturated carbocycles. The summed E-state index contributed by atoms with van der Waals surface area (Å²) in [5, 5.41) is 2.64. The third kappa shape index (κ3) is 5.39. The SMILES string of the molecule is NC(=O)NC1CCN(C(=O)Cc2ccc(OC(F)F)cc2)CC1. The molecule has 1 aliphatic rings. The first-order valence-electron chi connectivity index (χ1n) is 7.31. The van der Waals surface area contributed by atoms with Crippen LogP contribution in [0.1, 0.15) is 18.4 Å². The molecule has 3 amide bonds. The van der Waals surface area contributed by atoms with Crippen LogP contribution in [-0.2, 0) is 11.2 Å². The predicted molar refractivity (Wildman–Crippen MR) is 79.1 cm³/mol. The predicted octanol–water partition coefficient (Wildman–Crippen LogP) is 1.49. The molecule has 2 rings (SSSR count). The Morgan fingerprint density at radius 2 is 1.87 bits per heavy atom. The van der Waals surface area contributed by atoms with Gasteiger partial charge in [-0.15, -0.1) is 0 Å². The van der Waals surface area contributed by atoms with E-state index in [1.54, 1.807) is 17.0 Å². The first-order chi connectivity index (χ1) is 10.9. The fourth-order valence-electron chi connectivity index (χ4n) is 2.55. The first-order valence-corrected chi connectivity index (χ1v) is 7.31. The maximum atomic E-state index is 12.2. The number of nitrogens with zero attached hydrogens (tertiary/aromatic N) is 1. The standard InChI is InChI=1S/C15H19F2N3O3/c16-14(17)23-12-3-1-10(2-4-12)9-13(21)20-7-5-11(6-8-20)19-15(18)22/h1-4,11,14H,5-9H2,(H3,18,19,22). The summed E-state index contributed by atoms with van der Waals surface area (Å²) in [5.74, 6) is 0.0274. The second kappa shape index (κ2) is 7.75. The zero-order chi connectivity index (χ0) is 16.8. The lowest BCUT2D eigenvalue weighted by atomic mass is 10.0. The van der Waals surface area contributed by atoms with Crippen LogP contribution in [0.4, 0.5) is 13.6 Å². The zero-order valence-electron chi connectivity index (χ0n) is 12.5. The minimum atomic E-state index is -2.86. The van der Waals surface area contributed by atoms with E-state index in [1.807, 2.05) is 0 Å². The molecule has 1 heterocycles. The van der Waals surface area contributed by atoms with Crippen molar-refractivity contribution < 1.29 is 23.1 Å². The molecule has 1 aromatic rings. The number of carbonyl (C=O) groups is 2. The molecular weight excluding hydrogens is 308 g/mol. The van der Waals surface area contributed by atoms with Crippen molar-refractivity contribution in [2.75, 3.05) is 13.1 Å². The number of carbonyl (C=O) groups excluding carboxylic acids is 2. The minimum Gasteiger partial charge on any atom is -0.435 e. The number of piperidine rings is 1. The Morgan fingerprint density at radius 3 is 2.39 bits per heavy atom. The van der Waals surface area contributed by atoms with E-state index >= 15 is 0 Å². The maximum Gasteiger partial charge on any atom is 0.387 e. The molecular formula is C15H19F2N3O3. The molecule has 3 N–H and O–H groups in total. The molecule has 126 valence electrons. The van der Waals surface area contributed by atoms with Crippen LogP contribution in [0.2, 0.25) is 0 Å². The highest BCUT2D eigenvalue weighted by atomic mass is 19.3. The number of alkyl halides is 2. The number of amides is 3. The third-order valence-corrected chi connectivity index (χ3v) is 3.70. The molecule has 1 aromatic carbocycles. The van der Waals surface area contributed by atoms with Gasteiger partial charge in [0.25, 0.3) is 0 Å². The van der Waals surface area contributed by atoms with Gasteiger partial charge in [0.2, 0.25) is 5.91 Å². The molecule has 6 nitrogen and oxygen atoms in total. The van der Waals surface area contributed by atoms with E-state index in [1.165, 1.54) is 12.1 Å². The van der Waals surface area contributed by atoms with Crippen LogP contribution in [0.3, 0.4) is 0 Å². The molecule has 0 aromatic heterocycles. The Kier molecular flexibility index (Phi) is 5.72. The Morgan fingerprint density at radius 1 is 1.26 bits per heavy atom. The number of benzene rings is 1. The highest BCUT2D eigenvalue weighted by molar-refractivity contribution is 5.79. The van der Waals surface area contributed by atoms with Crippen LogP contribution in [-0.4, -0.2) is 42.6 Å². The zero-order valence-corrected chi connectivity index (χ0v) is 12.5. The normalized spacial score (nSPS) is 15.5. The van der Waals surface area contributed by atoms with Crippen LogP contribution in [0.5, 0.6) is 5.75 Å². The highest BCUT2D eigenvalue weighted by Gasteiger charge is 2.23. The second-order valence-electron chi connectivity index (χ2n) is 5.36. The molecule has 1 saturated heterocycles. The lowest BCUT2D eigenvalue weighted by molar-refractivity contribution is -0.131. The number of hydrogen-bond acceptors (Lipinski definition) is 3. The van der Waals surface area contributed by atoms with E-state index in [0.717, 1.165) is 5.56 Å². The first kappa shape index (κ1) is 17.0. The van der Waals surface area contributed by atoms with Crippen molar-refractivity contribution in [1.29, 1.82) is 0 Å².